The molecule has 1 amide bonds. The fourth-order valence-corrected chi connectivity index (χ4v) is 3.55. The summed E-state index contributed by atoms with van der Waals surface area (Å²) in [6, 6.07) is 14.5. The zero-order valence-corrected chi connectivity index (χ0v) is 13.8. The average Bonchev–Trinajstić information content (AvgIpc) is 2.95. The normalized spacial score (nSPS) is 12.6. The zero-order chi connectivity index (χ0) is 16.0. The lowest BCUT2D eigenvalue weighted by Crippen LogP contribution is -2.14. The summed E-state index contributed by atoms with van der Waals surface area (Å²) in [7, 11) is 0. The van der Waals surface area contributed by atoms with Crippen LogP contribution >= 0.6 is 15.9 Å². The number of hydrogen-bond acceptors (Lipinski definition) is 1. The Kier molecular flexibility index (Phi) is 3.42. The monoisotopic (exact) mass is 369 g/mol. The molecule has 3 aromatic carbocycles. The summed E-state index contributed by atoms with van der Waals surface area (Å²) < 4.78 is 14.6. The standard InChI is InChI=1S/C19H13BrFNO/c20-13-7-8-14(16(21)10-13)19(23)22-17-9-6-12-5-4-11-2-1-3-15(17)18(11)12/h1-3,6-10H,4-5H2,(H,22,23). The third-order valence-electron chi connectivity index (χ3n) is 4.30. The lowest BCUT2D eigenvalue weighted by atomic mass is 10.0. The molecule has 2 nitrogen and oxygen atoms in total. The summed E-state index contributed by atoms with van der Waals surface area (Å²) in [5, 5.41) is 5.09. The number of anilines is 1. The Morgan fingerprint density at radius 3 is 2.61 bits per heavy atom. The van der Waals surface area contributed by atoms with E-state index in [0.717, 1.165) is 23.9 Å². The Morgan fingerprint density at radius 2 is 1.83 bits per heavy atom. The van der Waals surface area contributed by atoms with Gasteiger partial charge in [-0.1, -0.05) is 40.2 Å². The summed E-state index contributed by atoms with van der Waals surface area (Å²) in [4.78, 5) is 12.4. The second kappa shape index (κ2) is 5.46. The van der Waals surface area contributed by atoms with Crippen molar-refractivity contribution in [2.75, 3.05) is 5.32 Å². The Morgan fingerprint density at radius 1 is 1.04 bits per heavy atom. The van der Waals surface area contributed by atoms with Crippen LogP contribution in [-0.2, 0) is 12.8 Å². The number of amides is 1. The molecule has 0 bridgehead atoms. The predicted molar refractivity (Wildman–Crippen MR) is 93.4 cm³/mol. The molecule has 1 aliphatic rings. The summed E-state index contributed by atoms with van der Waals surface area (Å²) in [6.45, 7) is 0. The molecule has 4 heteroatoms. The molecule has 1 aliphatic carbocycles. The van der Waals surface area contributed by atoms with Gasteiger partial charge in [0, 0.05) is 15.5 Å². The van der Waals surface area contributed by atoms with Gasteiger partial charge in [-0.3, -0.25) is 4.79 Å². The van der Waals surface area contributed by atoms with Crippen LogP contribution in [-0.4, -0.2) is 5.91 Å². The summed E-state index contributed by atoms with van der Waals surface area (Å²) in [5.41, 5.74) is 3.38. The van der Waals surface area contributed by atoms with Crippen molar-refractivity contribution in [3.05, 3.63) is 75.5 Å². The van der Waals surface area contributed by atoms with Gasteiger partial charge in [0.2, 0.25) is 0 Å². The minimum atomic E-state index is -0.539. The van der Waals surface area contributed by atoms with Gasteiger partial charge in [0.1, 0.15) is 5.82 Å². The molecule has 114 valence electrons. The van der Waals surface area contributed by atoms with Crippen LogP contribution in [0.25, 0.3) is 10.8 Å². The van der Waals surface area contributed by atoms with Crippen LogP contribution in [0.1, 0.15) is 21.5 Å². The van der Waals surface area contributed by atoms with E-state index in [9.17, 15) is 9.18 Å². The van der Waals surface area contributed by atoms with Gasteiger partial charge in [-0.2, -0.15) is 0 Å². The van der Waals surface area contributed by atoms with Gasteiger partial charge in [0.15, 0.2) is 0 Å². The number of halogens is 2. The third kappa shape index (κ3) is 2.43. The highest BCUT2D eigenvalue weighted by Crippen LogP contribution is 2.35. The first kappa shape index (κ1) is 14.4. The van der Waals surface area contributed by atoms with Gasteiger partial charge in [-0.25, -0.2) is 4.39 Å². The van der Waals surface area contributed by atoms with Crippen LogP contribution in [0.2, 0.25) is 0 Å². The molecule has 0 saturated heterocycles. The Balaban J connectivity index is 1.75. The minimum absolute atomic E-state index is 0.0384. The predicted octanol–water partition coefficient (Wildman–Crippen LogP) is 5.09. The largest absolute Gasteiger partial charge is 0.321 e. The van der Waals surface area contributed by atoms with Crippen molar-refractivity contribution in [3.8, 4) is 0 Å². The van der Waals surface area contributed by atoms with Gasteiger partial charge in [0.05, 0.1) is 5.56 Å². The van der Waals surface area contributed by atoms with Crippen molar-refractivity contribution < 1.29 is 9.18 Å². The topological polar surface area (TPSA) is 29.1 Å². The molecule has 0 spiro atoms. The number of aryl methyl sites for hydroxylation is 2. The number of nitrogens with one attached hydrogen (secondary N) is 1. The maximum Gasteiger partial charge on any atom is 0.258 e. The molecule has 0 aromatic heterocycles. The second-order valence-corrected chi connectivity index (χ2v) is 6.61. The van der Waals surface area contributed by atoms with Gasteiger partial charge < -0.3 is 5.32 Å². The van der Waals surface area contributed by atoms with E-state index in [-0.39, 0.29) is 5.56 Å². The van der Waals surface area contributed by atoms with Crippen molar-refractivity contribution in [2.24, 2.45) is 0 Å². The van der Waals surface area contributed by atoms with Crippen LogP contribution in [0.15, 0.2) is 53.0 Å². The molecule has 0 heterocycles. The van der Waals surface area contributed by atoms with E-state index in [1.165, 1.54) is 28.6 Å². The maximum atomic E-state index is 14.0. The van der Waals surface area contributed by atoms with Crippen LogP contribution in [0.3, 0.4) is 0 Å². The molecule has 0 fully saturated rings. The first-order valence-corrected chi connectivity index (χ1v) is 8.22. The molecule has 0 unspecified atom stereocenters. The van der Waals surface area contributed by atoms with Gasteiger partial charge in [0.25, 0.3) is 5.91 Å². The van der Waals surface area contributed by atoms with Crippen LogP contribution in [0.4, 0.5) is 10.1 Å². The fourth-order valence-electron chi connectivity index (χ4n) is 3.22. The maximum absolute atomic E-state index is 14.0. The van der Waals surface area contributed by atoms with E-state index in [0.29, 0.717) is 4.47 Å². The highest BCUT2D eigenvalue weighted by molar-refractivity contribution is 9.10. The first-order valence-electron chi connectivity index (χ1n) is 7.43. The molecule has 23 heavy (non-hydrogen) atoms. The van der Waals surface area contributed by atoms with Gasteiger partial charge >= 0.3 is 0 Å². The third-order valence-corrected chi connectivity index (χ3v) is 4.79. The quantitative estimate of drug-likeness (QED) is 0.669. The molecule has 0 radical (unpaired) electrons. The van der Waals surface area contributed by atoms with E-state index in [1.54, 1.807) is 6.07 Å². The summed E-state index contributed by atoms with van der Waals surface area (Å²) in [5.74, 6) is -0.975. The Bertz CT molecular complexity index is 941. The molecule has 4 rings (SSSR count). The molecule has 1 N–H and O–H groups in total. The van der Waals surface area contributed by atoms with Crippen LogP contribution in [0, 0.1) is 5.82 Å². The zero-order valence-electron chi connectivity index (χ0n) is 12.2. The molecular formula is C19H13BrFNO. The lowest BCUT2D eigenvalue weighted by Gasteiger charge is -2.11. The number of benzene rings is 3. The second-order valence-electron chi connectivity index (χ2n) is 5.69. The van der Waals surface area contributed by atoms with Crippen molar-refractivity contribution in [1.82, 2.24) is 0 Å². The van der Waals surface area contributed by atoms with E-state index in [1.807, 2.05) is 24.3 Å². The minimum Gasteiger partial charge on any atom is -0.321 e. The van der Waals surface area contributed by atoms with Crippen molar-refractivity contribution in [2.45, 2.75) is 12.8 Å². The smallest absolute Gasteiger partial charge is 0.258 e. The SMILES string of the molecule is O=C(Nc1ccc2c3c(cccc13)CC2)c1ccc(Br)cc1F. The number of carbonyl (C=O) groups excluding carboxylic acids is 1. The lowest BCUT2D eigenvalue weighted by molar-refractivity contribution is 0.102. The van der Waals surface area contributed by atoms with Gasteiger partial charge in [-0.05, 0) is 53.6 Å². The average molecular weight is 370 g/mol. The fraction of sp³-hybridized carbons (Fsp3) is 0.105. The van der Waals surface area contributed by atoms with Crippen molar-refractivity contribution in [3.63, 3.8) is 0 Å². The van der Waals surface area contributed by atoms with E-state index in [4.69, 9.17) is 0 Å². The summed E-state index contributed by atoms with van der Waals surface area (Å²) >= 11 is 3.20. The van der Waals surface area contributed by atoms with E-state index < -0.39 is 11.7 Å². The highest BCUT2D eigenvalue weighted by atomic mass is 79.9. The van der Waals surface area contributed by atoms with Crippen molar-refractivity contribution >= 4 is 38.3 Å². The van der Waals surface area contributed by atoms with E-state index in [2.05, 4.69) is 27.3 Å². The Hall–Kier alpha value is -2.20. The van der Waals surface area contributed by atoms with E-state index >= 15 is 0 Å². The molecule has 0 atom stereocenters. The summed E-state index contributed by atoms with van der Waals surface area (Å²) in [6.07, 6.45) is 2.07. The number of hydrogen-bond donors (Lipinski definition) is 1. The molecule has 3 aromatic rings. The molecule has 0 saturated carbocycles. The number of carbonyl (C=O) groups is 1. The van der Waals surface area contributed by atoms with Crippen LogP contribution < -0.4 is 5.32 Å². The number of rotatable bonds is 2. The van der Waals surface area contributed by atoms with Crippen molar-refractivity contribution in [1.29, 1.82) is 0 Å². The molecule has 0 aliphatic heterocycles. The van der Waals surface area contributed by atoms with Gasteiger partial charge in [-0.15, -0.1) is 0 Å². The molecular weight excluding hydrogens is 357 g/mol. The Labute approximate surface area is 141 Å². The van der Waals surface area contributed by atoms with Crippen LogP contribution in [0.5, 0.6) is 0 Å². The first-order chi connectivity index (χ1) is 11.1. The highest BCUT2D eigenvalue weighted by Gasteiger charge is 2.18.